The first-order valence-corrected chi connectivity index (χ1v) is 6.98. The molecule has 1 atom stereocenters. The summed E-state index contributed by atoms with van der Waals surface area (Å²) in [7, 11) is 0. The number of carbonyl (C=O) groups excluding carboxylic acids is 1. The third-order valence-corrected chi connectivity index (χ3v) is 3.23. The molecule has 0 aliphatic heterocycles. The van der Waals surface area contributed by atoms with Gasteiger partial charge in [-0.2, -0.15) is 0 Å². The molecule has 1 unspecified atom stereocenters. The summed E-state index contributed by atoms with van der Waals surface area (Å²) in [5.41, 5.74) is 1.74. The summed E-state index contributed by atoms with van der Waals surface area (Å²) < 4.78 is 0.918. The van der Waals surface area contributed by atoms with E-state index in [1.807, 2.05) is 32.0 Å². The fourth-order valence-corrected chi connectivity index (χ4v) is 2.32. The van der Waals surface area contributed by atoms with Crippen LogP contribution in [0.15, 0.2) is 22.7 Å². The number of hydrogen-bond acceptors (Lipinski definition) is 2. The maximum absolute atomic E-state index is 11.9. The molecular weight excluding hydrogens is 294 g/mol. The molecule has 1 amide bonds. The van der Waals surface area contributed by atoms with Crippen molar-refractivity contribution in [3.05, 3.63) is 33.8 Å². The quantitative estimate of drug-likeness (QED) is 0.793. The van der Waals surface area contributed by atoms with E-state index in [0.717, 1.165) is 22.9 Å². The summed E-state index contributed by atoms with van der Waals surface area (Å²) >= 11 is 3.38. The molecule has 0 fully saturated rings. The number of nitrogens with one attached hydrogen (secondary N) is 1. The highest BCUT2D eigenvalue weighted by atomic mass is 79.9. The van der Waals surface area contributed by atoms with E-state index in [1.54, 1.807) is 0 Å². The van der Waals surface area contributed by atoms with E-state index in [4.69, 9.17) is 5.11 Å². The highest BCUT2D eigenvalue weighted by Crippen LogP contribution is 2.15. The minimum Gasteiger partial charge on any atom is -0.396 e. The Morgan fingerprint density at radius 3 is 2.78 bits per heavy atom. The van der Waals surface area contributed by atoms with Crippen molar-refractivity contribution in [1.29, 1.82) is 0 Å². The van der Waals surface area contributed by atoms with Gasteiger partial charge >= 0.3 is 0 Å². The lowest BCUT2D eigenvalue weighted by molar-refractivity contribution is 0.0952. The van der Waals surface area contributed by atoms with Crippen LogP contribution in [-0.2, 0) is 0 Å². The van der Waals surface area contributed by atoms with Crippen molar-refractivity contribution in [2.24, 2.45) is 5.92 Å². The second kappa shape index (κ2) is 7.54. The smallest absolute Gasteiger partial charge is 0.251 e. The maximum atomic E-state index is 11.9. The number of hydrogen-bond donors (Lipinski definition) is 2. The van der Waals surface area contributed by atoms with Crippen LogP contribution in [-0.4, -0.2) is 24.2 Å². The van der Waals surface area contributed by atoms with Gasteiger partial charge < -0.3 is 10.4 Å². The first-order chi connectivity index (χ1) is 8.52. The van der Waals surface area contributed by atoms with Gasteiger partial charge in [-0.25, -0.2) is 0 Å². The number of aryl methyl sites for hydroxylation is 1. The largest absolute Gasteiger partial charge is 0.396 e. The molecule has 0 spiro atoms. The molecule has 0 saturated carbocycles. The van der Waals surface area contributed by atoms with Crippen LogP contribution in [0.2, 0.25) is 0 Å². The maximum Gasteiger partial charge on any atom is 0.251 e. The average Bonchev–Trinajstić information content (AvgIpc) is 2.32. The number of halogens is 1. The molecule has 0 radical (unpaired) electrons. The minimum absolute atomic E-state index is 0.0453. The molecule has 18 heavy (non-hydrogen) atoms. The van der Waals surface area contributed by atoms with Crippen molar-refractivity contribution < 1.29 is 9.90 Å². The summed E-state index contributed by atoms with van der Waals surface area (Å²) in [5, 5.41) is 11.8. The molecular formula is C14H20BrNO2. The number of benzene rings is 1. The zero-order valence-electron chi connectivity index (χ0n) is 10.9. The molecule has 0 aliphatic rings. The van der Waals surface area contributed by atoms with E-state index in [-0.39, 0.29) is 12.5 Å². The summed E-state index contributed by atoms with van der Waals surface area (Å²) in [6.07, 6.45) is 1.81. The molecule has 0 saturated heterocycles. The van der Waals surface area contributed by atoms with Crippen LogP contribution in [0.5, 0.6) is 0 Å². The SMILES string of the molecule is Cc1cc(Br)cc(C(=O)NCCCC(C)CO)c1. The molecule has 0 aliphatic carbocycles. The van der Waals surface area contributed by atoms with Crippen LogP contribution in [0.4, 0.5) is 0 Å². The number of rotatable bonds is 6. The summed E-state index contributed by atoms with van der Waals surface area (Å²) in [4.78, 5) is 11.9. The van der Waals surface area contributed by atoms with E-state index in [9.17, 15) is 4.79 Å². The van der Waals surface area contributed by atoms with E-state index >= 15 is 0 Å². The van der Waals surface area contributed by atoms with Crippen LogP contribution in [0.1, 0.15) is 35.7 Å². The van der Waals surface area contributed by atoms with Gasteiger partial charge in [0.25, 0.3) is 5.91 Å². The Morgan fingerprint density at radius 1 is 1.44 bits per heavy atom. The van der Waals surface area contributed by atoms with Gasteiger partial charge in [0.1, 0.15) is 0 Å². The average molecular weight is 314 g/mol. The molecule has 1 aromatic carbocycles. The molecule has 1 aromatic rings. The van der Waals surface area contributed by atoms with Gasteiger partial charge in [-0.3, -0.25) is 4.79 Å². The lowest BCUT2D eigenvalue weighted by Crippen LogP contribution is -2.25. The summed E-state index contributed by atoms with van der Waals surface area (Å²) in [5.74, 6) is 0.256. The van der Waals surface area contributed by atoms with Crippen molar-refractivity contribution in [3.63, 3.8) is 0 Å². The van der Waals surface area contributed by atoms with Crippen molar-refractivity contribution in [1.82, 2.24) is 5.32 Å². The normalized spacial score (nSPS) is 12.2. The Bertz CT molecular complexity index is 387. The van der Waals surface area contributed by atoms with Gasteiger partial charge in [-0.05, 0) is 49.4 Å². The topological polar surface area (TPSA) is 49.3 Å². The summed E-state index contributed by atoms with van der Waals surface area (Å²) in [6, 6.07) is 5.66. The lowest BCUT2D eigenvalue weighted by Gasteiger charge is -2.09. The predicted molar refractivity (Wildman–Crippen MR) is 76.7 cm³/mol. The standard InChI is InChI=1S/C14H20BrNO2/c1-10(9-17)4-3-5-16-14(18)12-6-11(2)7-13(15)8-12/h6-8,10,17H,3-5,9H2,1-2H3,(H,16,18). The van der Waals surface area contributed by atoms with Gasteiger partial charge in [0.15, 0.2) is 0 Å². The van der Waals surface area contributed by atoms with E-state index in [2.05, 4.69) is 21.2 Å². The molecule has 2 N–H and O–H groups in total. The zero-order valence-corrected chi connectivity index (χ0v) is 12.5. The fraction of sp³-hybridized carbons (Fsp3) is 0.500. The molecule has 100 valence electrons. The van der Waals surface area contributed by atoms with E-state index in [1.165, 1.54) is 0 Å². The number of aliphatic hydroxyl groups is 1. The van der Waals surface area contributed by atoms with Crippen LogP contribution >= 0.6 is 15.9 Å². The van der Waals surface area contributed by atoms with Gasteiger partial charge in [-0.15, -0.1) is 0 Å². The van der Waals surface area contributed by atoms with Crippen molar-refractivity contribution in [2.45, 2.75) is 26.7 Å². The summed E-state index contributed by atoms with van der Waals surface area (Å²) in [6.45, 7) is 4.82. The zero-order chi connectivity index (χ0) is 13.5. The Morgan fingerprint density at radius 2 is 2.17 bits per heavy atom. The minimum atomic E-state index is -0.0453. The Kier molecular flexibility index (Phi) is 6.36. The van der Waals surface area contributed by atoms with Crippen molar-refractivity contribution in [2.75, 3.05) is 13.2 Å². The predicted octanol–water partition coefficient (Wildman–Crippen LogP) is 2.90. The van der Waals surface area contributed by atoms with Gasteiger partial charge in [0.05, 0.1) is 0 Å². The second-order valence-electron chi connectivity index (χ2n) is 4.70. The first kappa shape index (κ1) is 15.2. The molecule has 4 heteroatoms. The number of carbonyl (C=O) groups is 1. The molecule has 0 bridgehead atoms. The Balaban J connectivity index is 2.41. The highest BCUT2D eigenvalue weighted by Gasteiger charge is 2.07. The lowest BCUT2D eigenvalue weighted by atomic mass is 10.1. The van der Waals surface area contributed by atoms with Gasteiger partial charge in [0, 0.05) is 23.2 Å². The third kappa shape index (κ3) is 5.19. The fourth-order valence-electron chi connectivity index (χ4n) is 1.71. The monoisotopic (exact) mass is 313 g/mol. The number of amides is 1. The van der Waals surface area contributed by atoms with Gasteiger partial charge in [0.2, 0.25) is 0 Å². The molecule has 3 nitrogen and oxygen atoms in total. The highest BCUT2D eigenvalue weighted by molar-refractivity contribution is 9.10. The van der Waals surface area contributed by atoms with Crippen LogP contribution in [0.25, 0.3) is 0 Å². The molecule has 1 rings (SSSR count). The number of aliphatic hydroxyl groups excluding tert-OH is 1. The Hall–Kier alpha value is -0.870. The Labute approximate surface area is 117 Å². The van der Waals surface area contributed by atoms with E-state index in [0.29, 0.717) is 18.0 Å². The second-order valence-corrected chi connectivity index (χ2v) is 5.62. The first-order valence-electron chi connectivity index (χ1n) is 6.19. The van der Waals surface area contributed by atoms with E-state index < -0.39 is 0 Å². The third-order valence-electron chi connectivity index (χ3n) is 2.78. The van der Waals surface area contributed by atoms with Crippen LogP contribution in [0.3, 0.4) is 0 Å². The molecule has 0 aromatic heterocycles. The van der Waals surface area contributed by atoms with Crippen LogP contribution < -0.4 is 5.32 Å². The van der Waals surface area contributed by atoms with Gasteiger partial charge in [-0.1, -0.05) is 22.9 Å². The molecule has 0 heterocycles. The van der Waals surface area contributed by atoms with Crippen LogP contribution in [0, 0.1) is 12.8 Å². The van der Waals surface area contributed by atoms with Crippen molar-refractivity contribution >= 4 is 21.8 Å². The van der Waals surface area contributed by atoms with Crippen molar-refractivity contribution in [3.8, 4) is 0 Å².